The summed E-state index contributed by atoms with van der Waals surface area (Å²) in [5.74, 6) is 0.801. The molecule has 6 heteroatoms. The maximum absolute atomic E-state index is 12.2. The number of aryl methyl sites for hydroxylation is 1. The standard InChI is InChI=1S/C16H22N4OS/c1-11(14(21)17-16(3,4)5)22-15-19-18-12(2)20(15)13-9-7-6-8-10-13/h6-11H,1-5H3,(H,17,21)/t11-/m0/s1. The fraction of sp³-hybridized carbons (Fsp3) is 0.438. The Labute approximate surface area is 135 Å². The molecule has 2 rings (SSSR count). The van der Waals surface area contributed by atoms with Gasteiger partial charge in [0, 0.05) is 11.2 Å². The number of nitrogens with one attached hydrogen (secondary N) is 1. The molecule has 1 heterocycles. The molecular weight excluding hydrogens is 296 g/mol. The second-order valence-corrected chi connectivity index (χ2v) is 7.51. The summed E-state index contributed by atoms with van der Waals surface area (Å²) in [6.07, 6.45) is 0. The summed E-state index contributed by atoms with van der Waals surface area (Å²) in [5.41, 5.74) is 0.755. The van der Waals surface area contributed by atoms with Gasteiger partial charge in [0.2, 0.25) is 5.91 Å². The first-order valence-electron chi connectivity index (χ1n) is 7.24. The van der Waals surface area contributed by atoms with Crippen LogP contribution in [0.1, 0.15) is 33.5 Å². The number of rotatable bonds is 4. The van der Waals surface area contributed by atoms with Gasteiger partial charge < -0.3 is 5.32 Å². The summed E-state index contributed by atoms with van der Waals surface area (Å²) >= 11 is 1.41. The molecule has 1 amide bonds. The van der Waals surface area contributed by atoms with Crippen LogP contribution in [0.5, 0.6) is 0 Å². The van der Waals surface area contributed by atoms with Crippen molar-refractivity contribution in [3.05, 3.63) is 36.2 Å². The van der Waals surface area contributed by atoms with E-state index >= 15 is 0 Å². The molecule has 5 nitrogen and oxygen atoms in total. The van der Waals surface area contributed by atoms with E-state index in [0.717, 1.165) is 16.7 Å². The van der Waals surface area contributed by atoms with Crippen molar-refractivity contribution in [1.29, 1.82) is 0 Å². The van der Waals surface area contributed by atoms with Crippen LogP contribution in [0.25, 0.3) is 5.69 Å². The molecule has 22 heavy (non-hydrogen) atoms. The van der Waals surface area contributed by atoms with Crippen molar-refractivity contribution in [2.75, 3.05) is 0 Å². The number of hydrogen-bond acceptors (Lipinski definition) is 4. The number of para-hydroxylation sites is 1. The summed E-state index contributed by atoms with van der Waals surface area (Å²) in [4.78, 5) is 12.2. The zero-order valence-electron chi connectivity index (χ0n) is 13.6. The van der Waals surface area contributed by atoms with Gasteiger partial charge in [0.25, 0.3) is 0 Å². The van der Waals surface area contributed by atoms with Crippen LogP contribution >= 0.6 is 11.8 Å². The molecule has 0 spiro atoms. The number of thioether (sulfide) groups is 1. The van der Waals surface area contributed by atoms with Crippen LogP contribution in [0.3, 0.4) is 0 Å². The summed E-state index contributed by atoms with van der Waals surface area (Å²) in [5, 5.41) is 11.8. The van der Waals surface area contributed by atoms with E-state index in [2.05, 4.69) is 15.5 Å². The molecule has 1 atom stereocenters. The van der Waals surface area contributed by atoms with Gasteiger partial charge in [-0.3, -0.25) is 9.36 Å². The number of amides is 1. The molecule has 0 fully saturated rings. The molecule has 0 aliphatic heterocycles. The molecular formula is C16H22N4OS. The monoisotopic (exact) mass is 318 g/mol. The summed E-state index contributed by atoms with van der Waals surface area (Å²) in [6, 6.07) is 9.91. The van der Waals surface area contributed by atoms with Gasteiger partial charge in [0.15, 0.2) is 5.16 Å². The topological polar surface area (TPSA) is 59.8 Å². The Kier molecular flexibility index (Phi) is 4.90. The number of carbonyl (C=O) groups excluding carboxylic acids is 1. The molecule has 1 aromatic carbocycles. The minimum absolute atomic E-state index is 0.00207. The Morgan fingerprint density at radius 3 is 2.45 bits per heavy atom. The van der Waals surface area contributed by atoms with E-state index < -0.39 is 0 Å². The van der Waals surface area contributed by atoms with E-state index in [9.17, 15) is 4.79 Å². The van der Waals surface area contributed by atoms with Crippen LogP contribution < -0.4 is 5.32 Å². The van der Waals surface area contributed by atoms with Crippen LogP contribution in [0.15, 0.2) is 35.5 Å². The molecule has 0 radical (unpaired) electrons. The number of benzene rings is 1. The van der Waals surface area contributed by atoms with Gasteiger partial charge in [-0.25, -0.2) is 0 Å². The van der Waals surface area contributed by atoms with Gasteiger partial charge in [-0.15, -0.1) is 10.2 Å². The smallest absolute Gasteiger partial charge is 0.233 e. The second-order valence-electron chi connectivity index (χ2n) is 6.20. The molecule has 2 aromatic rings. The van der Waals surface area contributed by atoms with Gasteiger partial charge in [0.1, 0.15) is 5.82 Å². The van der Waals surface area contributed by atoms with E-state index in [0.29, 0.717) is 0 Å². The minimum Gasteiger partial charge on any atom is -0.351 e. The van der Waals surface area contributed by atoms with Crippen molar-refractivity contribution < 1.29 is 4.79 Å². The van der Waals surface area contributed by atoms with Crippen LogP contribution in [-0.4, -0.2) is 31.5 Å². The molecule has 1 aromatic heterocycles. The van der Waals surface area contributed by atoms with E-state index in [1.807, 2.05) is 69.5 Å². The Bertz CT molecular complexity index is 646. The van der Waals surface area contributed by atoms with E-state index in [-0.39, 0.29) is 16.7 Å². The molecule has 1 N–H and O–H groups in total. The fourth-order valence-corrected chi connectivity index (χ4v) is 2.89. The first-order chi connectivity index (χ1) is 10.3. The van der Waals surface area contributed by atoms with E-state index in [1.165, 1.54) is 11.8 Å². The van der Waals surface area contributed by atoms with Crippen molar-refractivity contribution in [3.8, 4) is 5.69 Å². The normalized spacial score (nSPS) is 13.0. The molecule has 118 valence electrons. The van der Waals surface area contributed by atoms with Crippen LogP contribution in [0.2, 0.25) is 0 Å². The summed E-state index contributed by atoms with van der Waals surface area (Å²) in [6.45, 7) is 9.70. The van der Waals surface area contributed by atoms with Crippen molar-refractivity contribution in [3.63, 3.8) is 0 Å². The van der Waals surface area contributed by atoms with Crippen LogP contribution in [0, 0.1) is 6.92 Å². The second kappa shape index (κ2) is 6.52. The first kappa shape index (κ1) is 16.5. The van der Waals surface area contributed by atoms with Crippen molar-refractivity contribution in [2.45, 2.75) is 50.6 Å². The lowest BCUT2D eigenvalue weighted by Crippen LogP contribution is -2.44. The SMILES string of the molecule is Cc1nnc(S[C@@H](C)C(=O)NC(C)(C)C)n1-c1ccccc1. The van der Waals surface area contributed by atoms with Crippen LogP contribution in [0.4, 0.5) is 0 Å². The molecule has 0 saturated carbocycles. The van der Waals surface area contributed by atoms with Crippen LogP contribution in [-0.2, 0) is 4.79 Å². The third-order valence-corrected chi connectivity index (χ3v) is 4.00. The zero-order chi connectivity index (χ0) is 16.3. The zero-order valence-corrected chi connectivity index (χ0v) is 14.4. The molecule has 0 unspecified atom stereocenters. The number of aromatic nitrogens is 3. The Morgan fingerprint density at radius 2 is 1.86 bits per heavy atom. The Balaban J connectivity index is 2.19. The molecule has 0 aliphatic rings. The quantitative estimate of drug-likeness (QED) is 0.881. The maximum Gasteiger partial charge on any atom is 0.233 e. The Hall–Kier alpha value is -1.82. The number of nitrogens with zero attached hydrogens (tertiary/aromatic N) is 3. The van der Waals surface area contributed by atoms with E-state index in [4.69, 9.17) is 0 Å². The van der Waals surface area contributed by atoms with Crippen molar-refractivity contribution >= 4 is 17.7 Å². The highest BCUT2D eigenvalue weighted by molar-refractivity contribution is 8.00. The minimum atomic E-state index is -0.245. The largest absolute Gasteiger partial charge is 0.351 e. The predicted octanol–water partition coefficient (Wildman–Crippen LogP) is 2.97. The third-order valence-electron chi connectivity index (χ3n) is 2.96. The highest BCUT2D eigenvalue weighted by atomic mass is 32.2. The first-order valence-corrected chi connectivity index (χ1v) is 8.12. The number of carbonyl (C=O) groups is 1. The third kappa shape index (κ3) is 4.10. The maximum atomic E-state index is 12.2. The highest BCUT2D eigenvalue weighted by Gasteiger charge is 2.23. The lowest BCUT2D eigenvalue weighted by Gasteiger charge is -2.22. The van der Waals surface area contributed by atoms with E-state index in [1.54, 1.807) is 0 Å². The van der Waals surface area contributed by atoms with Gasteiger partial charge in [-0.1, -0.05) is 30.0 Å². The Morgan fingerprint density at radius 1 is 1.23 bits per heavy atom. The van der Waals surface area contributed by atoms with Gasteiger partial charge >= 0.3 is 0 Å². The lowest BCUT2D eigenvalue weighted by molar-refractivity contribution is -0.121. The predicted molar refractivity (Wildman–Crippen MR) is 89.3 cm³/mol. The average molecular weight is 318 g/mol. The summed E-state index contributed by atoms with van der Waals surface area (Å²) in [7, 11) is 0. The average Bonchev–Trinajstić information content (AvgIpc) is 2.78. The highest BCUT2D eigenvalue weighted by Crippen LogP contribution is 2.25. The molecule has 0 aliphatic carbocycles. The van der Waals surface area contributed by atoms with Gasteiger partial charge in [0.05, 0.1) is 5.25 Å². The molecule has 0 bridgehead atoms. The lowest BCUT2D eigenvalue weighted by atomic mass is 10.1. The fourth-order valence-electron chi connectivity index (χ4n) is 1.98. The summed E-state index contributed by atoms with van der Waals surface area (Å²) < 4.78 is 1.96. The van der Waals surface area contributed by atoms with Gasteiger partial charge in [-0.05, 0) is 46.8 Å². The van der Waals surface area contributed by atoms with Crippen molar-refractivity contribution in [2.24, 2.45) is 0 Å². The van der Waals surface area contributed by atoms with Gasteiger partial charge in [-0.2, -0.15) is 0 Å². The van der Waals surface area contributed by atoms with Crippen molar-refractivity contribution in [1.82, 2.24) is 20.1 Å². The molecule has 0 saturated heterocycles. The number of hydrogen-bond donors (Lipinski definition) is 1.